The number of morpholine rings is 1. The van der Waals surface area contributed by atoms with Crippen LogP contribution in [0.1, 0.15) is 12.5 Å². The van der Waals surface area contributed by atoms with Crippen LogP contribution in [0.15, 0.2) is 30.3 Å². The number of carbonyl (C=O) groups excluding carboxylic acids is 1. The number of esters is 1. The molecule has 0 unspecified atom stereocenters. The summed E-state index contributed by atoms with van der Waals surface area (Å²) in [5.41, 5.74) is 2.18. The van der Waals surface area contributed by atoms with Crippen molar-refractivity contribution in [3.8, 4) is 0 Å². The van der Waals surface area contributed by atoms with Gasteiger partial charge in [-0.1, -0.05) is 12.1 Å². The van der Waals surface area contributed by atoms with Gasteiger partial charge in [0, 0.05) is 24.9 Å². The number of hydrogen-bond donors (Lipinski definition) is 0. The van der Waals surface area contributed by atoms with Crippen LogP contribution in [0.4, 0.5) is 5.69 Å². The van der Waals surface area contributed by atoms with Gasteiger partial charge < -0.3 is 14.4 Å². The first kappa shape index (κ1) is 13.6. The molecule has 1 saturated heterocycles. The lowest BCUT2D eigenvalue weighted by atomic mass is 10.1. The monoisotopic (exact) mass is 261 g/mol. The molecule has 19 heavy (non-hydrogen) atoms. The van der Waals surface area contributed by atoms with Crippen molar-refractivity contribution in [2.75, 3.05) is 37.8 Å². The molecule has 0 atom stereocenters. The standard InChI is InChI=1S/C15H19NO3/c1-2-19-15(17)8-5-13-3-6-14(7-4-13)16-9-11-18-12-10-16/h3-8H,2,9-12H2,1H3. The maximum Gasteiger partial charge on any atom is 0.330 e. The molecule has 1 aliphatic rings. The molecule has 4 nitrogen and oxygen atoms in total. The second kappa shape index (κ2) is 6.95. The molecular weight excluding hydrogens is 242 g/mol. The van der Waals surface area contributed by atoms with E-state index in [9.17, 15) is 4.79 Å². The molecule has 0 saturated carbocycles. The number of nitrogens with zero attached hydrogens (tertiary/aromatic N) is 1. The van der Waals surface area contributed by atoms with Gasteiger partial charge in [-0.05, 0) is 30.7 Å². The summed E-state index contributed by atoms with van der Waals surface area (Å²) in [6.45, 7) is 5.62. The van der Waals surface area contributed by atoms with Crippen molar-refractivity contribution in [1.82, 2.24) is 0 Å². The van der Waals surface area contributed by atoms with E-state index in [2.05, 4.69) is 17.0 Å². The first-order chi connectivity index (χ1) is 9.29. The summed E-state index contributed by atoms with van der Waals surface area (Å²) in [5, 5.41) is 0. The summed E-state index contributed by atoms with van der Waals surface area (Å²) in [4.78, 5) is 13.5. The Labute approximate surface area is 113 Å². The lowest BCUT2D eigenvalue weighted by Gasteiger charge is -2.28. The molecule has 0 radical (unpaired) electrons. The maximum absolute atomic E-state index is 11.2. The fraction of sp³-hybridized carbons (Fsp3) is 0.400. The molecule has 1 aromatic rings. The van der Waals surface area contributed by atoms with E-state index in [4.69, 9.17) is 9.47 Å². The highest BCUT2D eigenvalue weighted by atomic mass is 16.5. The van der Waals surface area contributed by atoms with Crippen LogP contribution >= 0.6 is 0 Å². The van der Waals surface area contributed by atoms with E-state index in [-0.39, 0.29) is 5.97 Å². The summed E-state index contributed by atoms with van der Waals surface area (Å²) in [6, 6.07) is 8.13. The molecule has 1 heterocycles. The number of benzene rings is 1. The van der Waals surface area contributed by atoms with Crippen molar-refractivity contribution in [2.24, 2.45) is 0 Å². The van der Waals surface area contributed by atoms with E-state index >= 15 is 0 Å². The van der Waals surface area contributed by atoms with Gasteiger partial charge in [0.05, 0.1) is 19.8 Å². The van der Waals surface area contributed by atoms with Gasteiger partial charge in [-0.2, -0.15) is 0 Å². The molecule has 1 aromatic carbocycles. The van der Waals surface area contributed by atoms with Gasteiger partial charge >= 0.3 is 5.97 Å². The molecule has 1 aliphatic heterocycles. The summed E-state index contributed by atoms with van der Waals surface area (Å²) >= 11 is 0. The smallest absolute Gasteiger partial charge is 0.330 e. The number of carbonyl (C=O) groups is 1. The van der Waals surface area contributed by atoms with Crippen LogP contribution in [0.25, 0.3) is 6.08 Å². The van der Waals surface area contributed by atoms with Crippen LogP contribution in [0.5, 0.6) is 0 Å². The largest absolute Gasteiger partial charge is 0.463 e. The van der Waals surface area contributed by atoms with Crippen molar-refractivity contribution in [3.63, 3.8) is 0 Å². The van der Waals surface area contributed by atoms with Gasteiger partial charge in [0.15, 0.2) is 0 Å². The van der Waals surface area contributed by atoms with Crippen molar-refractivity contribution in [3.05, 3.63) is 35.9 Å². The van der Waals surface area contributed by atoms with Gasteiger partial charge in [0.1, 0.15) is 0 Å². The minimum Gasteiger partial charge on any atom is -0.463 e. The highest BCUT2D eigenvalue weighted by molar-refractivity contribution is 5.87. The van der Waals surface area contributed by atoms with Crippen LogP contribution < -0.4 is 4.90 Å². The predicted octanol–water partition coefficient (Wildman–Crippen LogP) is 2.10. The maximum atomic E-state index is 11.2. The van der Waals surface area contributed by atoms with Crippen LogP contribution in [-0.4, -0.2) is 38.9 Å². The number of rotatable bonds is 4. The van der Waals surface area contributed by atoms with Crippen LogP contribution in [0.3, 0.4) is 0 Å². The lowest BCUT2D eigenvalue weighted by molar-refractivity contribution is -0.137. The Balaban J connectivity index is 1.96. The zero-order valence-corrected chi connectivity index (χ0v) is 11.2. The minimum atomic E-state index is -0.306. The normalized spacial score (nSPS) is 15.7. The molecule has 0 bridgehead atoms. The number of hydrogen-bond acceptors (Lipinski definition) is 4. The molecule has 0 spiro atoms. The Kier molecular flexibility index (Phi) is 4.98. The lowest BCUT2D eigenvalue weighted by Crippen LogP contribution is -2.36. The first-order valence-electron chi connectivity index (χ1n) is 6.57. The van der Waals surface area contributed by atoms with Gasteiger partial charge in [-0.25, -0.2) is 4.79 Å². The topological polar surface area (TPSA) is 38.8 Å². The van der Waals surface area contributed by atoms with Crippen molar-refractivity contribution in [2.45, 2.75) is 6.92 Å². The zero-order chi connectivity index (χ0) is 13.5. The Bertz CT molecular complexity index is 433. The molecule has 0 aliphatic carbocycles. The average Bonchev–Trinajstić information content (AvgIpc) is 2.47. The molecule has 0 amide bonds. The Hall–Kier alpha value is -1.81. The van der Waals surface area contributed by atoms with Crippen LogP contribution in [0, 0.1) is 0 Å². The minimum absolute atomic E-state index is 0.306. The van der Waals surface area contributed by atoms with Crippen LogP contribution in [-0.2, 0) is 14.3 Å². The summed E-state index contributed by atoms with van der Waals surface area (Å²) in [6.07, 6.45) is 3.22. The third kappa shape index (κ3) is 4.10. The molecule has 0 N–H and O–H groups in total. The van der Waals surface area contributed by atoms with Gasteiger partial charge in [-0.15, -0.1) is 0 Å². The SMILES string of the molecule is CCOC(=O)C=Cc1ccc(N2CCOCC2)cc1. The average molecular weight is 261 g/mol. The summed E-state index contributed by atoms with van der Waals surface area (Å²) in [5.74, 6) is -0.306. The van der Waals surface area contributed by atoms with Crippen molar-refractivity contribution in [1.29, 1.82) is 0 Å². The third-order valence-corrected chi connectivity index (χ3v) is 2.97. The predicted molar refractivity (Wildman–Crippen MR) is 75.1 cm³/mol. The van der Waals surface area contributed by atoms with Crippen molar-refractivity contribution >= 4 is 17.7 Å². The summed E-state index contributed by atoms with van der Waals surface area (Å²) in [7, 11) is 0. The Morgan fingerprint density at radius 2 is 2.00 bits per heavy atom. The van der Waals surface area contributed by atoms with E-state index in [1.54, 1.807) is 13.0 Å². The quantitative estimate of drug-likeness (QED) is 0.614. The highest BCUT2D eigenvalue weighted by Crippen LogP contribution is 2.17. The Morgan fingerprint density at radius 3 is 2.63 bits per heavy atom. The fourth-order valence-electron chi connectivity index (χ4n) is 1.97. The van der Waals surface area contributed by atoms with E-state index < -0.39 is 0 Å². The van der Waals surface area contributed by atoms with Crippen LogP contribution in [0.2, 0.25) is 0 Å². The second-order valence-electron chi connectivity index (χ2n) is 4.28. The highest BCUT2D eigenvalue weighted by Gasteiger charge is 2.10. The molecular formula is C15H19NO3. The van der Waals surface area contributed by atoms with Crippen molar-refractivity contribution < 1.29 is 14.3 Å². The van der Waals surface area contributed by atoms with Gasteiger partial charge in [0.2, 0.25) is 0 Å². The fourth-order valence-corrected chi connectivity index (χ4v) is 1.97. The molecule has 4 heteroatoms. The summed E-state index contributed by atoms with van der Waals surface area (Å²) < 4.78 is 10.2. The first-order valence-corrected chi connectivity index (χ1v) is 6.57. The van der Waals surface area contributed by atoms with E-state index in [0.29, 0.717) is 6.61 Å². The number of ether oxygens (including phenoxy) is 2. The molecule has 1 fully saturated rings. The zero-order valence-electron chi connectivity index (χ0n) is 11.2. The van der Waals surface area contributed by atoms with E-state index in [1.165, 1.54) is 11.8 Å². The molecule has 0 aromatic heterocycles. The van der Waals surface area contributed by atoms with E-state index in [1.807, 2.05) is 12.1 Å². The van der Waals surface area contributed by atoms with E-state index in [0.717, 1.165) is 31.9 Å². The number of anilines is 1. The van der Waals surface area contributed by atoms with Gasteiger partial charge in [-0.3, -0.25) is 0 Å². The van der Waals surface area contributed by atoms with Gasteiger partial charge in [0.25, 0.3) is 0 Å². The molecule has 102 valence electrons. The second-order valence-corrected chi connectivity index (χ2v) is 4.28. The Morgan fingerprint density at radius 1 is 1.32 bits per heavy atom. The molecule has 2 rings (SSSR count). The third-order valence-electron chi connectivity index (χ3n) is 2.97.